The van der Waals surface area contributed by atoms with Crippen LogP contribution in [-0.2, 0) is 0 Å². The third-order valence-corrected chi connectivity index (χ3v) is 2.22. The van der Waals surface area contributed by atoms with E-state index < -0.39 is 0 Å². The van der Waals surface area contributed by atoms with E-state index in [9.17, 15) is 10.2 Å². The molecule has 0 aromatic heterocycles. The van der Waals surface area contributed by atoms with Crippen molar-refractivity contribution in [2.45, 2.75) is 19.4 Å². The molecule has 3 heteroatoms. The number of hydrogen-bond acceptors (Lipinski definition) is 3. The molecule has 0 fully saturated rings. The van der Waals surface area contributed by atoms with Gasteiger partial charge in [0.2, 0.25) is 0 Å². The summed E-state index contributed by atoms with van der Waals surface area (Å²) < 4.78 is 0. The van der Waals surface area contributed by atoms with Crippen LogP contribution in [0.25, 0.3) is 0 Å². The van der Waals surface area contributed by atoms with Gasteiger partial charge < -0.3 is 15.5 Å². The molecule has 0 spiro atoms. The Bertz CT molecular complexity index is 316. The van der Waals surface area contributed by atoms with Crippen molar-refractivity contribution in [1.82, 2.24) is 5.32 Å². The van der Waals surface area contributed by atoms with Crippen molar-refractivity contribution in [2.24, 2.45) is 0 Å². The number of nitrogens with one attached hydrogen (secondary N) is 1. The van der Waals surface area contributed by atoms with Crippen molar-refractivity contribution in [3.8, 4) is 11.5 Å². The zero-order valence-electron chi connectivity index (χ0n) is 8.90. The van der Waals surface area contributed by atoms with Crippen LogP contribution in [0, 0.1) is 0 Å². The molecule has 1 aromatic rings. The van der Waals surface area contributed by atoms with Gasteiger partial charge in [-0.05, 0) is 37.6 Å². The quantitative estimate of drug-likeness (QED) is 0.513. The summed E-state index contributed by atoms with van der Waals surface area (Å²) in [5.74, 6) is 0.171. The van der Waals surface area contributed by atoms with Gasteiger partial charge in [0.05, 0.1) is 0 Å². The molecule has 0 aliphatic carbocycles. The summed E-state index contributed by atoms with van der Waals surface area (Å²) >= 11 is 0. The predicted octanol–water partition coefficient (Wildman–Crippen LogP) is 2.32. The fourth-order valence-corrected chi connectivity index (χ4v) is 1.39. The Labute approximate surface area is 90.1 Å². The van der Waals surface area contributed by atoms with Crippen LogP contribution in [0.2, 0.25) is 0 Å². The van der Waals surface area contributed by atoms with Gasteiger partial charge in [-0.15, -0.1) is 6.58 Å². The van der Waals surface area contributed by atoms with E-state index in [4.69, 9.17) is 0 Å². The number of hydrogen-bond donors (Lipinski definition) is 3. The number of rotatable bonds is 5. The molecule has 1 atom stereocenters. The van der Waals surface area contributed by atoms with Crippen molar-refractivity contribution >= 4 is 0 Å². The van der Waals surface area contributed by atoms with E-state index in [1.807, 2.05) is 13.0 Å². The van der Waals surface area contributed by atoms with Crippen LogP contribution in [0.1, 0.15) is 24.9 Å². The summed E-state index contributed by atoms with van der Waals surface area (Å²) in [6.45, 7) is 6.46. The highest BCUT2D eigenvalue weighted by molar-refractivity contribution is 5.37. The first kappa shape index (κ1) is 11.6. The molecule has 0 saturated carbocycles. The molecule has 1 unspecified atom stereocenters. The molecule has 0 amide bonds. The monoisotopic (exact) mass is 207 g/mol. The van der Waals surface area contributed by atoms with Crippen molar-refractivity contribution < 1.29 is 10.2 Å². The van der Waals surface area contributed by atoms with E-state index in [-0.39, 0.29) is 17.5 Å². The second-order valence-electron chi connectivity index (χ2n) is 3.54. The Kier molecular flexibility index (Phi) is 4.18. The zero-order valence-corrected chi connectivity index (χ0v) is 8.90. The van der Waals surface area contributed by atoms with E-state index >= 15 is 0 Å². The Morgan fingerprint density at radius 3 is 2.47 bits per heavy atom. The van der Waals surface area contributed by atoms with Crippen molar-refractivity contribution in [3.05, 3.63) is 36.4 Å². The standard InChI is InChI=1S/C12H17NO2/c1-3-4-5-13-9(2)10-6-11(14)8-12(15)7-10/h3,6-9,13-15H,1,4-5H2,2H3. The van der Waals surface area contributed by atoms with Crippen LogP contribution in [-0.4, -0.2) is 16.8 Å². The molecule has 0 radical (unpaired) electrons. The lowest BCUT2D eigenvalue weighted by atomic mass is 10.1. The van der Waals surface area contributed by atoms with Gasteiger partial charge in [-0.3, -0.25) is 0 Å². The van der Waals surface area contributed by atoms with E-state index in [1.54, 1.807) is 12.1 Å². The largest absolute Gasteiger partial charge is 0.508 e. The maximum Gasteiger partial charge on any atom is 0.119 e. The smallest absolute Gasteiger partial charge is 0.119 e. The van der Waals surface area contributed by atoms with Crippen LogP contribution in [0.15, 0.2) is 30.9 Å². The van der Waals surface area contributed by atoms with Gasteiger partial charge >= 0.3 is 0 Å². The Morgan fingerprint density at radius 2 is 1.93 bits per heavy atom. The van der Waals surface area contributed by atoms with Crippen LogP contribution in [0.5, 0.6) is 11.5 Å². The molecule has 15 heavy (non-hydrogen) atoms. The lowest BCUT2D eigenvalue weighted by molar-refractivity contribution is 0.446. The molecular weight excluding hydrogens is 190 g/mol. The first-order valence-electron chi connectivity index (χ1n) is 5.00. The lowest BCUT2D eigenvalue weighted by Crippen LogP contribution is -2.19. The molecule has 82 valence electrons. The first-order chi connectivity index (χ1) is 7.13. The van der Waals surface area contributed by atoms with Gasteiger partial charge in [0.15, 0.2) is 0 Å². The molecule has 0 saturated heterocycles. The normalized spacial score (nSPS) is 12.3. The SMILES string of the molecule is C=CCCNC(C)c1cc(O)cc(O)c1. The van der Waals surface area contributed by atoms with Crippen molar-refractivity contribution in [2.75, 3.05) is 6.54 Å². The van der Waals surface area contributed by atoms with Crippen molar-refractivity contribution in [1.29, 1.82) is 0 Å². The third kappa shape index (κ3) is 3.64. The highest BCUT2D eigenvalue weighted by atomic mass is 16.3. The van der Waals surface area contributed by atoms with Crippen LogP contribution >= 0.6 is 0 Å². The maximum absolute atomic E-state index is 9.31. The maximum atomic E-state index is 9.31. The summed E-state index contributed by atoms with van der Waals surface area (Å²) in [7, 11) is 0. The van der Waals surface area contributed by atoms with Crippen molar-refractivity contribution in [3.63, 3.8) is 0 Å². The van der Waals surface area contributed by atoms with Crippen LogP contribution in [0.3, 0.4) is 0 Å². The second kappa shape index (κ2) is 5.41. The van der Waals surface area contributed by atoms with E-state index in [0.717, 1.165) is 18.5 Å². The molecule has 3 N–H and O–H groups in total. The highest BCUT2D eigenvalue weighted by Gasteiger charge is 2.06. The van der Waals surface area contributed by atoms with Crippen LogP contribution < -0.4 is 5.32 Å². The Morgan fingerprint density at radius 1 is 1.33 bits per heavy atom. The molecule has 3 nitrogen and oxygen atoms in total. The fourth-order valence-electron chi connectivity index (χ4n) is 1.39. The average Bonchev–Trinajstić information content (AvgIpc) is 2.16. The molecule has 0 aliphatic heterocycles. The topological polar surface area (TPSA) is 52.5 Å². The number of phenols is 2. The Balaban J connectivity index is 2.64. The highest BCUT2D eigenvalue weighted by Crippen LogP contribution is 2.24. The number of phenolic OH excluding ortho intramolecular Hbond substituents is 2. The summed E-state index contributed by atoms with van der Waals surface area (Å²) in [4.78, 5) is 0. The zero-order chi connectivity index (χ0) is 11.3. The number of benzene rings is 1. The van der Waals surface area contributed by atoms with Gasteiger partial charge in [0.25, 0.3) is 0 Å². The van der Waals surface area contributed by atoms with Gasteiger partial charge in [-0.25, -0.2) is 0 Å². The summed E-state index contributed by atoms with van der Waals surface area (Å²) in [5, 5.41) is 21.9. The van der Waals surface area contributed by atoms with E-state index in [1.165, 1.54) is 6.07 Å². The molecular formula is C12H17NO2. The summed E-state index contributed by atoms with van der Waals surface area (Å²) in [5.41, 5.74) is 0.872. The fraction of sp³-hybridized carbons (Fsp3) is 0.333. The first-order valence-corrected chi connectivity index (χ1v) is 5.00. The molecule has 0 heterocycles. The van der Waals surface area contributed by atoms with Crippen LogP contribution in [0.4, 0.5) is 0 Å². The molecule has 1 aromatic carbocycles. The molecule has 0 aliphatic rings. The van der Waals surface area contributed by atoms with E-state index in [0.29, 0.717) is 0 Å². The third-order valence-electron chi connectivity index (χ3n) is 2.22. The minimum absolute atomic E-state index is 0.0855. The van der Waals surface area contributed by atoms with Gasteiger partial charge in [-0.2, -0.15) is 0 Å². The molecule has 1 rings (SSSR count). The molecule has 0 bridgehead atoms. The minimum Gasteiger partial charge on any atom is -0.508 e. The minimum atomic E-state index is 0.0855. The summed E-state index contributed by atoms with van der Waals surface area (Å²) in [6, 6.07) is 4.71. The van der Waals surface area contributed by atoms with E-state index in [2.05, 4.69) is 11.9 Å². The summed E-state index contributed by atoms with van der Waals surface area (Å²) in [6.07, 6.45) is 2.74. The van der Waals surface area contributed by atoms with Gasteiger partial charge in [-0.1, -0.05) is 6.08 Å². The average molecular weight is 207 g/mol. The predicted molar refractivity (Wildman–Crippen MR) is 61.0 cm³/mol. The number of aromatic hydroxyl groups is 2. The van der Waals surface area contributed by atoms with Gasteiger partial charge in [0, 0.05) is 12.1 Å². The second-order valence-corrected chi connectivity index (χ2v) is 3.54. The Hall–Kier alpha value is -1.48. The van der Waals surface area contributed by atoms with Gasteiger partial charge in [0.1, 0.15) is 11.5 Å². The lowest BCUT2D eigenvalue weighted by Gasteiger charge is -2.14.